The minimum atomic E-state index is -0.475. The third-order valence-corrected chi connectivity index (χ3v) is 4.15. The van der Waals surface area contributed by atoms with Gasteiger partial charge in [0.25, 0.3) is 0 Å². The van der Waals surface area contributed by atoms with Gasteiger partial charge in [0.1, 0.15) is 11.6 Å². The van der Waals surface area contributed by atoms with Crippen LogP contribution in [0.15, 0.2) is 18.2 Å². The van der Waals surface area contributed by atoms with Gasteiger partial charge in [0, 0.05) is 38.5 Å². The van der Waals surface area contributed by atoms with Gasteiger partial charge in [0.15, 0.2) is 0 Å². The lowest BCUT2D eigenvalue weighted by atomic mass is 10.0. The zero-order valence-corrected chi connectivity index (χ0v) is 12.7. The number of hydrogen-bond donors (Lipinski definition) is 0. The number of rotatable bonds is 4. The van der Waals surface area contributed by atoms with Crippen LogP contribution in [0, 0.1) is 5.82 Å². The van der Waals surface area contributed by atoms with Crippen LogP contribution in [-0.2, 0) is 11.2 Å². The first-order valence-electron chi connectivity index (χ1n) is 6.80. The van der Waals surface area contributed by atoms with Gasteiger partial charge in [0.2, 0.25) is 0 Å². The second-order valence-corrected chi connectivity index (χ2v) is 5.94. The highest BCUT2D eigenvalue weighted by Gasteiger charge is 2.24. The average Bonchev–Trinajstić information content (AvgIpc) is 2.39. The van der Waals surface area contributed by atoms with Crippen LogP contribution in [-0.4, -0.2) is 55.4 Å². The molecule has 0 spiro atoms. The van der Waals surface area contributed by atoms with Crippen molar-refractivity contribution in [2.24, 2.45) is 0 Å². The van der Waals surface area contributed by atoms with Crippen molar-refractivity contribution in [3.05, 3.63) is 34.6 Å². The summed E-state index contributed by atoms with van der Waals surface area (Å²) in [4.78, 5) is 16.6. The molecular formula is C15H20ClFN2O. The fourth-order valence-corrected chi connectivity index (χ4v) is 2.75. The molecule has 0 N–H and O–H groups in total. The highest BCUT2D eigenvalue weighted by Crippen LogP contribution is 2.19. The molecule has 1 atom stereocenters. The number of nitrogens with zero attached hydrogens (tertiary/aromatic N) is 2. The monoisotopic (exact) mass is 298 g/mol. The smallest absolute Gasteiger partial charge is 0.145 e. The van der Waals surface area contributed by atoms with Gasteiger partial charge in [-0.2, -0.15) is 0 Å². The Labute approximate surface area is 124 Å². The largest absolute Gasteiger partial charge is 0.304 e. The number of piperazine rings is 1. The maximum absolute atomic E-state index is 13.8. The topological polar surface area (TPSA) is 23.6 Å². The van der Waals surface area contributed by atoms with E-state index in [1.54, 1.807) is 12.1 Å². The van der Waals surface area contributed by atoms with Crippen molar-refractivity contribution >= 4 is 17.4 Å². The first-order valence-corrected chi connectivity index (χ1v) is 7.18. The fourth-order valence-electron chi connectivity index (χ4n) is 2.55. The Morgan fingerprint density at radius 1 is 1.40 bits per heavy atom. The summed E-state index contributed by atoms with van der Waals surface area (Å²) in [5.41, 5.74) is 0.384. The highest BCUT2D eigenvalue weighted by atomic mass is 35.5. The van der Waals surface area contributed by atoms with Crippen LogP contribution < -0.4 is 0 Å². The van der Waals surface area contributed by atoms with E-state index in [4.69, 9.17) is 11.6 Å². The van der Waals surface area contributed by atoms with Crippen LogP contribution in [0.5, 0.6) is 0 Å². The maximum atomic E-state index is 13.8. The number of benzene rings is 1. The van der Waals surface area contributed by atoms with Crippen molar-refractivity contribution < 1.29 is 9.18 Å². The molecule has 0 saturated carbocycles. The molecule has 1 aromatic rings. The summed E-state index contributed by atoms with van der Waals surface area (Å²) in [5, 5.41) is 0.0739. The molecule has 0 aliphatic carbocycles. The molecule has 1 aromatic carbocycles. The Hall–Kier alpha value is -0.970. The van der Waals surface area contributed by atoms with E-state index in [-0.39, 0.29) is 23.3 Å². The molecule has 1 aliphatic heterocycles. The van der Waals surface area contributed by atoms with E-state index in [0.29, 0.717) is 12.0 Å². The molecule has 2 rings (SSSR count). The normalized spacial score (nSPS) is 21.1. The minimum absolute atomic E-state index is 0.0540. The third-order valence-electron chi connectivity index (χ3n) is 3.86. The molecule has 5 heteroatoms. The minimum Gasteiger partial charge on any atom is -0.304 e. The fraction of sp³-hybridized carbons (Fsp3) is 0.533. The Bertz CT molecular complexity index is 495. The zero-order valence-electron chi connectivity index (χ0n) is 11.9. The predicted molar refractivity (Wildman–Crippen MR) is 78.7 cm³/mol. The predicted octanol–water partition coefficient (Wildman–Crippen LogP) is 2.23. The molecule has 20 heavy (non-hydrogen) atoms. The van der Waals surface area contributed by atoms with Crippen molar-refractivity contribution in [1.29, 1.82) is 0 Å². The lowest BCUT2D eigenvalue weighted by Crippen LogP contribution is -2.50. The summed E-state index contributed by atoms with van der Waals surface area (Å²) in [7, 11) is 4.09. The summed E-state index contributed by atoms with van der Waals surface area (Å²) in [6.45, 7) is 2.85. The van der Waals surface area contributed by atoms with Crippen LogP contribution in [0.1, 0.15) is 12.0 Å². The van der Waals surface area contributed by atoms with Gasteiger partial charge in [-0.25, -0.2) is 4.39 Å². The van der Waals surface area contributed by atoms with Gasteiger partial charge in [-0.15, -0.1) is 0 Å². The summed E-state index contributed by atoms with van der Waals surface area (Å²) in [6.07, 6.45) is 0.563. The Morgan fingerprint density at radius 2 is 2.15 bits per heavy atom. The number of carbonyl (C=O) groups excluding carboxylic acids is 1. The lowest BCUT2D eigenvalue weighted by Gasteiger charge is -2.37. The van der Waals surface area contributed by atoms with Gasteiger partial charge < -0.3 is 9.80 Å². The van der Waals surface area contributed by atoms with E-state index in [1.807, 2.05) is 7.05 Å². The summed E-state index contributed by atoms with van der Waals surface area (Å²) in [6, 6.07) is 5.00. The second kappa shape index (κ2) is 6.66. The van der Waals surface area contributed by atoms with E-state index in [9.17, 15) is 9.18 Å². The maximum Gasteiger partial charge on any atom is 0.145 e. The number of likely N-dealkylation sites (N-methyl/N-ethyl adjacent to an activating group) is 2. The van der Waals surface area contributed by atoms with Gasteiger partial charge in [0.05, 0.1) is 5.02 Å². The summed E-state index contributed by atoms with van der Waals surface area (Å²) in [5.74, 6) is -0.421. The number of Topliss-reactive ketones (excluding diaryl/α,β-unsaturated/α-hetero) is 1. The number of ketones is 1. The number of halogens is 2. The molecule has 1 aliphatic rings. The van der Waals surface area contributed by atoms with E-state index in [2.05, 4.69) is 16.8 Å². The summed E-state index contributed by atoms with van der Waals surface area (Å²) >= 11 is 5.73. The number of carbonyl (C=O) groups is 1. The van der Waals surface area contributed by atoms with Crippen LogP contribution >= 0.6 is 11.6 Å². The molecule has 1 heterocycles. The van der Waals surface area contributed by atoms with Crippen molar-refractivity contribution in [2.45, 2.75) is 18.9 Å². The van der Waals surface area contributed by atoms with Gasteiger partial charge in [-0.05, 0) is 25.7 Å². The average molecular weight is 299 g/mol. The van der Waals surface area contributed by atoms with E-state index < -0.39 is 5.82 Å². The Kier molecular flexibility index (Phi) is 5.13. The molecule has 1 fully saturated rings. The Balaban J connectivity index is 1.96. The van der Waals surface area contributed by atoms with Gasteiger partial charge >= 0.3 is 0 Å². The molecule has 0 radical (unpaired) electrons. The van der Waals surface area contributed by atoms with E-state index in [0.717, 1.165) is 19.6 Å². The molecule has 0 aromatic heterocycles. The second-order valence-electron chi connectivity index (χ2n) is 5.53. The number of hydrogen-bond acceptors (Lipinski definition) is 3. The molecule has 110 valence electrons. The molecular weight excluding hydrogens is 279 g/mol. The zero-order chi connectivity index (χ0) is 14.7. The molecule has 1 saturated heterocycles. The lowest BCUT2D eigenvalue weighted by molar-refractivity contribution is -0.120. The summed E-state index contributed by atoms with van der Waals surface area (Å²) < 4.78 is 13.8. The van der Waals surface area contributed by atoms with Crippen molar-refractivity contribution in [2.75, 3.05) is 33.7 Å². The molecule has 1 unspecified atom stereocenters. The van der Waals surface area contributed by atoms with Crippen LogP contribution in [0.4, 0.5) is 4.39 Å². The first kappa shape index (κ1) is 15.4. The van der Waals surface area contributed by atoms with Crippen LogP contribution in [0.2, 0.25) is 5.02 Å². The van der Waals surface area contributed by atoms with Crippen molar-refractivity contribution in [1.82, 2.24) is 9.80 Å². The van der Waals surface area contributed by atoms with Crippen molar-refractivity contribution in [3.8, 4) is 0 Å². The first-order chi connectivity index (χ1) is 9.47. The third kappa shape index (κ3) is 3.78. The standard InChI is InChI=1S/C15H20ClFN2O/c1-18-6-7-19(2)12(10-18)9-13(20)8-11-4-3-5-14(16)15(11)17/h3-5,12H,6-10H2,1-2H3. The van der Waals surface area contributed by atoms with Gasteiger partial charge in [-0.3, -0.25) is 4.79 Å². The van der Waals surface area contributed by atoms with Crippen molar-refractivity contribution in [3.63, 3.8) is 0 Å². The quantitative estimate of drug-likeness (QED) is 0.852. The molecule has 3 nitrogen and oxygen atoms in total. The molecule has 0 bridgehead atoms. The van der Waals surface area contributed by atoms with E-state index >= 15 is 0 Å². The highest BCUT2D eigenvalue weighted by molar-refractivity contribution is 6.30. The van der Waals surface area contributed by atoms with Crippen LogP contribution in [0.3, 0.4) is 0 Å². The Morgan fingerprint density at radius 3 is 2.90 bits per heavy atom. The van der Waals surface area contributed by atoms with Crippen LogP contribution in [0.25, 0.3) is 0 Å². The SMILES string of the molecule is CN1CCN(C)C(CC(=O)Cc2cccc(Cl)c2F)C1. The van der Waals surface area contributed by atoms with E-state index in [1.165, 1.54) is 6.07 Å². The molecule has 0 amide bonds. The van der Waals surface area contributed by atoms with Gasteiger partial charge in [-0.1, -0.05) is 23.7 Å².